The van der Waals surface area contributed by atoms with Gasteiger partial charge in [0, 0.05) is 18.5 Å². The summed E-state index contributed by atoms with van der Waals surface area (Å²) in [6, 6.07) is 20.9. The molecule has 0 radical (unpaired) electrons. The molecule has 0 aliphatic carbocycles. The van der Waals surface area contributed by atoms with E-state index in [-0.39, 0.29) is 5.41 Å². The summed E-state index contributed by atoms with van der Waals surface area (Å²) < 4.78 is 5.89. The van der Waals surface area contributed by atoms with Gasteiger partial charge in [0.2, 0.25) is 11.8 Å². The number of rotatable bonds is 6. The first kappa shape index (κ1) is 17.4. The molecule has 0 fully saturated rings. The molecule has 0 spiro atoms. The molecule has 0 saturated heterocycles. The van der Waals surface area contributed by atoms with Crippen molar-refractivity contribution in [3.63, 3.8) is 0 Å². The van der Waals surface area contributed by atoms with E-state index >= 15 is 0 Å². The number of aromatic nitrogens is 2. The van der Waals surface area contributed by atoms with Gasteiger partial charge in [-0.1, -0.05) is 81.4 Å². The monoisotopic (exact) mass is 335 g/mol. The van der Waals surface area contributed by atoms with Crippen molar-refractivity contribution in [2.45, 2.75) is 45.8 Å². The SMILES string of the molecule is CC(C)(C)c1nnc(CN(Cc2ccccc2)Cc2ccccc2)o1. The summed E-state index contributed by atoms with van der Waals surface area (Å²) in [5, 5.41) is 8.46. The Bertz CT molecular complexity index is 734. The zero-order chi connectivity index (χ0) is 17.7. The van der Waals surface area contributed by atoms with E-state index in [4.69, 9.17) is 4.42 Å². The maximum absolute atomic E-state index is 5.89. The van der Waals surface area contributed by atoms with Crippen LogP contribution in [0.25, 0.3) is 0 Å². The smallest absolute Gasteiger partial charge is 0.230 e. The zero-order valence-corrected chi connectivity index (χ0v) is 15.1. The molecule has 0 atom stereocenters. The second kappa shape index (κ2) is 7.62. The summed E-state index contributed by atoms with van der Waals surface area (Å²) in [5.41, 5.74) is 2.41. The van der Waals surface area contributed by atoms with Gasteiger partial charge in [-0.3, -0.25) is 4.90 Å². The molecule has 3 rings (SSSR count). The lowest BCUT2D eigenvalue weighted by Crippen LogP contribution is -2.22. The first-order chi connectivity index (χ1) is 12.0. The highest BCUT2D eigenvalue weighted by Crippen LogP contribution is 2.21. The number of benzene rings is 2. The predicted molar refractivity (Wildman–Crippen MR) is 98.8 cm³/mol. The Labute approximate surface area is 149 Å². The van der Waals surface area contributed by atoms with Gasteiger partial charge >= 0.3 is 0 Å². The lowest BCUT2D eigenvalue weighted by Gasteiger charge is -2.21. The van der Waals surface area contributed by atoms with Gasteiger partial charge in [0.1, 0.15) is 0 Å². The van der Waals surface area contributed by atoms with Gasteiger partial charge in [0.25, 0.3) is 0 Å². The third kappa shape index (κ3) is 5.00. The molecule has 1 heterocycles. The Hall–Kier alpha value is -2.46. The van der Waals surface area contributed by atoms with Crippen LogP contribution in [0.5, 0.6) is 0 Å². The summed E-state index contributed by atoms with van der Waals surface area (Å²) in [5.74, 6) is 1.35. The van der Waals surface area contributed by atoms with Gasteiger partial charge in [0.05, 0.1) is 6.54 Å². The minimum absolute atomic E-state index is 0.130. The largest absolute Gasteiger partial charge is 0.423 e. The van der Waals surface area contributed by atoms with E-state index in [0.717, 1.165) is 13.1 Å². The van der Waals surface area contributed by atoms with Crippen molar-refractivity contribution in [2.24, 2.45) is 0 Å². The molecule has 0 aliphatic rings. The molecular formula is C21H25N3O. The molecule has 130 valence electrons. The molecule has 4 heteroatoms. The van der Waals surface area contributed by atoms with Gasteiger partial charge in [0.15, 0.2) is 0 Å². The second-order valence-corrected chi connectivity index (χ2v) is 7.37. The van der Waals surface area contributed by atoms with Crippen molar-refractivity contribution >= 4 is 0 Å². The van der Waals surface area contributed by atoms with Crippen LogP contribution in [0.3, 0.4) is 0 Å². The van der Waals surface area contributed by atoms with Crippen LogP contribution < -0.4 is 0 Å². The Morgan fingerprint density at radius 3 is 1.72 bits per heavy atom. The average Bonchev–Trinajstić information content (AvgIpc) is 3.05. The third-order valence-corrected chi connectivity index (χ3v) is 3.97. The summed E-state index contributed by atoms with van der Waals surface area (Å²) >= 11 is 0. The van der Waals surface area contributed by atoms with Gasteiger partial charge in [-0.15, -0.1) is 10.2 Å². The molecule has 25 heavy (non-hydrogen) atoms. The molecular weight excluding hydrogens is 310 g/mol. The summed E-state index contributed by atoms with van der Waals surface area (Å²) in [7, 11) is 0. The summed E-state index contributed by atoms with van der Waals surface area (Å²) in [6.45, 7) is 8.54. The normalized spacial score (nSPS) is 11.8. The van der Waals surface area contributed by atoms with Gasteiger partial charge in [-0.2, -0.15) is 0 Å². The van der Waals surface area contributed by atoms with Crippen molar-refractivity contribution in [2.75, 3.05) is 0 Å². The zero-order valence-electron chi connectivity index (χ0n) is 15.1. The molecule has 4 nitrogen and oxygen atoms in total. The predicted octanol–water partition coefficient (Wildman–Crippen LogP) is 4.57. The Balaban J connectivity index is 1.77. The summed E-state index contributed by atoms with van der Waals surface area (Å²) in [6.07, 6.45) is 0. The van der Waals surface area contributed by atoms with Crippen LogP contribution in [-0.4, -0.2) is 15.1 Å². The van der Waals surface area contributed by atoms with Crippen LogP contribution in [0, 0.1) is 0 Å². The van der Waals surface area contributed by atoms with Crippen molar-refractivity contribution < 1.29 is 4.42 Å². The molecule has 0 aliphatic heterocycles. The maximum atomic E-state index is 5.89. The lowest BCUT2D eigenvalue weighted by molar-refractivity contribution is 0.216. The maximum Gasteiger partial charge on any atom is 0.230 e. The molecule has 0 amide bonds. The van der Waals surface area contributed by atoms with E-state index in [2.05, 4.69) is 84.4 Å². The Kier molecular flexibility index (Phi) is 5.29. The van der Waals surface area contributed by atoms with Crippen molar-refractivity contribution in [3.05, 3.63) is 83.6 Å². The van der Waals surface area contributed by atoms with Crippen molar-refractivity contribution in [1.82, 2.24) is 15.1 Å². The van der Waals surface area contributed by atoms with Crippen molar-refractivity contribution in [3.8, 4) is 0 Å². The second-order valence-electron chi connectivity index (χ2n) is 7.37. The summed E-state index contributed by atoms with van der Waals surface area (Å²) in [4.78, 5) is 2.32. The number of nitrogens with zero attached hydrogens (tertiary/aromatic N) is 3. The molecule has 0 N–H and O–H groups in total. The van der Waals surface area contributed by atoms with Crippen LogP contribution in [0.15, 0.2) is 65.1 Å². The first-order valence-electron chi connectivity index (χ1n) is 8.64. The van der Waals surface area contributed by atoms with E-state index < -0.39 is 0 Å². The molecule has 0 unspecified atom stereocenters. The van der Waals surface area contributed by atoms with Crippen molar-refractivity contribution in [1.29, 1.82) is 0 Å². The van der Waals surface area contributed by atoms with Crippen LogP contribution >= 0.6 is 0 Å². The topological polar surface area (TPSA) is 42.2 Å². The highest BCUT2D eigenvalue weighted by molar-refractivity contribution is 5.17. The molecule has 1 aromatic heterocycles. The van der Waals surface area contributed by atoms with Crippen LogP contribution in [0.1, 0.15) is 43.7 Å². The first-order valence-corrected chi connectivity index (χ1v) is 8.64. The number of hydrogen-bond donors (Lipinski definition) is 0. The van der Waals surface area contributed by atoms with E-state index in [9.17, 15) is 0 Å². The van der Waals surface area contributed by atoms with Crippen LogP contribution in [-0.2, 0) is 25.0 Å². The Morgan fingerprint density at radius 1 is 0.760 bits per heavy atom. The van der Waals surface area contributed by atoms with Gasteiger partial charge < -0.3 is 4.42 Å². The molecule has 0 saturated carbocycles. The van der Waals surface area contributed by atoms with E-state index in [1.165, 1.54) is 11.1 Å². The molecule has 0 bridgehead atoms. The Morgan fingerprint density at radius 2 is 1.28 bits per heavy atom. The molecule has 2 aromatic carbocycles. The van der Waals surface area contributed by atoms with Crippen LogP contribution in [0.2, 0.25) is 0 Å². The molecule has 3 aromatic rings. The highest BCUT2D eigenvalue weighted by atomic mass is 16.4. The quantitative estimate of drug-likeness (QED) is 0.662. The number of hydrogen-bond acceptors (Lipinski definition) is 4. The van der Waals surface area contributed by atoms with E-state index in [1.54, 1.807) is 0 Å². The lowest BCUT2D eigenvalue weighted by atomic mass is 9.97. The van der Waals surface area contributed by atoms with E-state index in [0.29, 0.717) is 18.3 Å². The van der Waals surface area contributed by atoms with E-state index in [1.807, 2.05) is 12.1 Å². The fourth-order valence-electron chi connectivity index (χ4n) is 2.66. The highest BCUT2D eigenvalue weighted by Gasteiger charge is 2.22. The fraction of sp³-hybridized carbons (Fsp3) is 0.333. The minimum Gasteiger partial charge on any atom is -0.423 e. The standard InChI is InChI=1S/C21H25N3O/c1-21(2,3)20-23-22-19(25-20)16-24(14-17-10-6-4-7-11-17)15-18-12-8-5-9-13-18/h4-13H,14-16H2,1-3H3. The third-order valence-electron chi connectivity index (χ3n) is 3.97. The van der Waals surface area contributed by atoms with Gasteiger partial charge in [-0.05, 0) is 11.1 Å². The van der Waals surface area contributed by atoms with Crippen LogP contribution in [0.4, 0.5) is 0 Å². The average molecular weight is 335 g/mol. The van der Waals surface area contributed by atoms with Gasteiger partial charge in [-0.25, -0.2) is 0 Å². The minimum atomic E-state index is -0.130. The fourth-order valence-corrected chi connectivity index (χ4v) is 2.66.